The first-order valence-electron chi connectivity index (χ1n) is 6.26. The predicted molar refractivity (Wildman–Crippen MR) is 71.4 cm³/mol. The molecule has 1 heterocycles. The van der Waals surface area contributed by atoms with E-state index in [0.717, 1.165) is 29.0 Å². The summed E-state index contributed by atoms with van der Waals surface area (Å²) >= 11 is 0. The Labute approximate surface area is 115 Å². The van der Waals surface area contributed by atoms with Crippen LogP contribution in [0, 0.1) is 0 Å². The summed E-state index contributed by atoms with van der Waals surface area (Å²) in [5.74, 6) is 0.362. The van der Waals surface area contributed by atoms with Crippen LogP contribution in [0.1, 0.15) is 11.1 Å². The van der Waals surface area contributed by atoms with E-state index in [-0.39, 0.29) is 18.3 Å². The molecule has 3 rings (SSSR count). The Hall–Kier alpha value is -2.56. The van der Waals surface area contributed by atoms with Crippen LogP contribution >= 0.6 is 0 Å². The molecule has 0 aliphatic carbocycles. The fourth-order valence-corrected chi connectivity index (χ4v) is 2.19. The summed E-state index contributed by atoms with van der Waals surface area (Å²) in [5.41, 5.74) is 1.82. The zero-order chi connectivity index (χ0) is 14.1. The van der Waals surface area contributed by atoms with Crippen molar-refractivity contribution in [1.29, 1.82) is 0 Å². The zero-order valence-electron chi connectivity index (χ0n) is 10.7. The zero-order valence-corrected chi connectivity index (χ0v) is 10.7. The Morgan fingerprint density at radius 2 is 1.45 bits per heavy atom. The van der Waals surface area contributed by atoms with Crippen molar-refractivity contribution in [1.82, 2.24) is 0 Å². The van der Waals surface area contributed by atoms with E-state index >= 15 is 0 Å². The number of phenols is 3. The Balaban J connectivity index is 1.73. The van der Waals surface area contributed by atoms with Gasteiger partial charge in [0.2, 0.25) is 6.79 Å². The van der Waals surface area contributed by atoms with Gasteiger partial charge in [0.25, 0.3) is 0 Å². The van der Waals surface area contributed by atoms with Gasteiger partial charge >= 0.3 is 0 Å². The smallest absolute Gasteiger partial charge is 0.231 e. The summed E-state index contributed by atoms with van der Waals surface area (Å²) in [5, 5.41) is 28.2. The minimum Gasteiger partial charge on any atom is -0.504 e. The van der Waals surface area contributed by atoms with Crippen molar-refractivity contribution in [3.05, 3.63) is 41.5 Å². The van der Waals surface area contributed by atoms with Gasteiger partial charge in [-0.05, 0) is 48.2 Å². The molecule has 0 radical (unpaired) electrons. The van der Waals surface area contributed by atoms with E-state index in [9.17, 15) is 15.3 Å². The molecule has 20 heavy (non-hydrogen) atoms. The Morgan fingerprint density at radius 3 is 2.20 bits per heavy atom. The van der Waals surface area contributed by atoms with Crippen LogP contribution in [0.4, 0.5) is 0 Å². The third kappa shape index (κ3) is 2.30. The predicted octanol–water partition coefficient (Wildman–Crippen LogP) is 2.32. The maximum Gasteiger partial charge on any atom is 0.231 e. The Bertz CT molecular complexity index is 628. The number of ether oxygens (including phenoxy) is 2. The van der Waals surface area contributed by atoms with Crippen molar-refractivity contribution in [2.45, 2.75) is 12.8 Å². The summed E-state index contributed by atoms with van der Waals surface area (Å²) in [6.07, 6.45) is 1.35. The molecule has 0 fully saturated rings. The number of rotatable bonds is 3. The lowest BCUT2D eigenvalue weighted by atomic mass is 10.0. The number of aromatic hydroxyl groups is 3. The fourth-order valence-electron chi connectivity index (χ4n) is 2.19. The Morgan fingerprint density at radius 1 is 0.800 bits per heavy atom. The highest BCUT2D eigenvalue weighted by Gasteiger charge is 2.13. The SMILES string of the molecule is Oc1cc(CCc2ccc3c(c2)OCO3)cc(O)c1O. The quantitative estimate of drug-likeness (QED) is 0.748. The molecular formula is C15H14O5. The van der Waals surface area contributed by atoms with Crippen molar-refractivity contribution in [2.24, 2.45) is 0 Å². The van der Waals surface area contributed by atoms with Crippen molar-refractivity contribution in [3.63, 3.8) is 0 Å². The largest absolute Gasteiger partial charge is 0.504 e. The van der Waals surface area contributed by atoms with E-state index in [1.165, 1.54) is 12.1 Å². The number of aryl methyl sites for hydroxylation is 2. The molecular weight excluding hydrogens is 260 g/mol. The van der Waals surface area contributed by atoms with Crippen LogP contribution in [0.2, 0.25) is 0 Å². The summed E-state index contributed by atoms with van der Waals surface area (Å²) < 4.78 is 10.6. The molecule has 5 nitrogen and oxygen atoms in total. The summed E-state index contributed by atoms with van der Waals surface area (Å²) in [6.45, 7) is 0.249. The van der Waals surface area contributed by atoms with E-state index in [2.05, 4.69) is 0 Å². The highest BCUT2D eigenvalue weighted by atomic mass is 16.7. The second-order valence-electron chi connectivity index (χ2n) is 4.67. The van der Waals surface area contributed by atoms with Crippen LogP contribution in [0.3, 0.4) is 0 Å². The van der Waals surface area contributed by atoms with Crippen LogP contribution < -0.4 is 9.47 Å². The fraction of sp³-hybridized carbons (Fsp3) is 0.200. The van der Waals surface area contributed by atoms with Gasteiger partial charge in [-0.1, -0.05) is 6.07 Å². The van der Waals surface area contributed by atoms with Gasteiger partial charge in [-0.25, -0.2) is 0 Å². The van der Waals surface area contributed by atoms with Crippen molar-refractivity contribution < 1.29 is 24.8 Å². The molecule has 5 heteroatoms. The molecule has 0 spiro atoms. The maximum absolute atomic E-state index is 9.46. The first kappa shape index (κ1) is 12.5. The molecule has 0 aromatic heterocycles. The molecule has 0 atom stereocenters. The molecule has 104 valence electrons. The van der Waals surface area contributed by atoms with Crippen LogP contribution in [-0.4, -0.2) is 22.1 Å². The van der Waals surface area contributed by atoms with Crippen molar-refractivity contribution in [3.8, 4) is 28.7 Å². The average Bonchev–Trinajstić information content (AvgIpc) is 2.89. The Kier molecular flexibility index (Phi) is 3.02. The van der Waals surface area contributed by atoms with E-state index in [1.54, 1.807) is 0 Å². The second-order valence-corrected chi connectivity index (χ2v) is 4.67. The van der Waals surface area contributed by atoms with E-state index in [4.69, 9.17) is 9.47 Å². The maximum atomic E-state index is 9.46. The average molecular weight is 274 g/mol. The van der Waals surface area contributed by atoms with Gasteiger partial charge in [-0.2, -0.15) is 0 Å². The number of fused-ring (bicyclic) bond motifs is 1. The third-order valence-electron chi connectivity index (χ3n) is 3.27. The molecule has 0 bridgehead atoms. The van der Waals surface area contributed by atoms with Gasteiger partial charge in [-0.15, -0.1) is 0 Å². The lowest BCUT2D eigenvalue weighted by molar-refractivity contribution is 0.174. The van der Waals surface area contributed by atoms with Crippen LogP contribution in [0.25, 0.3) is 0 Å². The van der Waals surface area contributed by atoms with Gasteiger partial charge in [0.05, 0.1) is 0 Å². The molecule has 1 aliphatic rings. The topological polar surface area (TPSA) is 79.2 Å². The highest BCUT2D eigenvalue weighted by molar-refractivity contribution is 5.51. The number of benzene rings is 2. The minimum absolute atomic E-state index is 0.249. The third-order valence-corrected chi connectivity index (χ3v) is 3.27. The van der Waals surface area contributed by atoms with Gasteiger partial charge in [-0.3, -0.25) is 0 Å². The minimum atomic E-state index is -0.489. The lowest BCUT2D eigenvalue weighted by Crippen LogP contribution is -1.93. The van der Waals surface area contributed by atoms with E-state index in [1.807, 2.05) is 18.2 Å². The molecule has 1 aliphatic heterocycles. The summed E-state index contributed by atoms with van der Waals surface area (Å²) in [6, 6.07) is 8.63. The monoisotopic (exact) mass is 274 g/mol. The summed E-state index contributed by atoms with van der Waals surface area (Å²) in [7, 11) is 0. The molecule has 2 aromatic carbocycles. The van der Waals surface area contributed by atoms with Crippen LogP contribution in [-0.2, 0) is 12.8 Å². The van der Waals surface area contributed by atoms with Gasteiger partial charge in [0.15, 0.2) is 28.7 Å². The van der Waals surface area contributed by atoms with Crippen LogP contribution in [0.15, 0.2) is 30.3 Å². The normalized spacial score (nSPS) is 12.6. The van der Waals surface area contributed by atoms with E-state index < -0.39 is 5.75 Å². The van der Waals surface area contributed by atoms with Crippen LogP contribution in [0.5, 0.6) is 28.7 Å². The molecule has 0 saturated heterocycles. The van der Waals surface area contributed by atoms with Gasteiger partial charge in [0.1, 0.15) is 0 Å². The highest BCUT2D eigenvalue weighted by Crippen LogP contribution is 2.36. The second kappa shape index (κ2) is 4.85. The van der Waals surface area contributed by atoms with Gasteiger partial charge < -0.3 is 24.8 Å². The van der Waals surface area contributed by atoms with Gasteiger partial charge in [0, 0.05) is 0 Å². The standard InChI is InChI=1S/C15H14O5/c16-11-5-10(6-12(17)15(11)18)2-1-9-3-4-13-14(7-9)20-8-19-13/h3-7,16-18H,1-2,8H2. The van der Waals surface area contributed by atoms with E-state index in [0.29, 0.717) is 6.42 Å². The molecule has 3 N–H and O–H groups in total. The van der Waals surface area contributed by atoms with Crippen molar-refractivity contribution >= 4 is 0 Å². The number of hydrogen-bond acceptors (Lipinski definition) is 5. The molecule has 0 unspecified atom stereocenters. The van der Waals surface area contributed by atoms with Crippen molar-refractivity contribution in [2.75, 3.05) is 6.79 Å². The lowest BCUT2D eigenvalue weighted by Gasteiger charge is -2.06. The molecule has 0 saturated carbocycles. The first-order valence-corrected chi connectivity index (χ1v) is 6.26. The first-order chi connectivity index (χ1) is 9.63. The molecule has 2 aromatic rings. The number of hydrogen-bond donors (Lipinski definition) is 3. The number of phenolic OH excluding ortho intramolecular Hbond substituents is 3. The summed E-state index contributed by atoms with van der Waals surface area (Å²) in [4.78, 5) is 0. The molecule has 0 amide bonds.